The van der Waals surface area contributed by atoms with Crippen LogP contribution in [0.15, 0.2) is 35.7 Å². The van der Waals surface area contributed by atoms with E-state index in [0.717, 1.165) is 5.56 Å². The van der Waals surface area contributed by atoms with Crippen molar-refractivity contribution in [2.45, 2.75) is 6.10 Å². The predicted octanol–water partition coefficient (Wildman–Crippen LogP) is 2.77. The van der Waals surface area contributed by atoms with Gasteiger partial charge in [0.1, 0.15) is 16.9 Å². The minimum atomic E-state index is -0.282. The highest BCUT2D eigenvalue weighted by Crippen LogP contribution is 2.24. The largest absolute Gasteiger partial charge is 0.371 e. The van der Waals surface area contributed by atoms with Gasteiger partial charge in [-0.1, -0.05) is 12.1 Å². The van der Waals surface area contributed by atoms with Gasteiger partial charge in [0.15, 0.2) is 0 Å². The quantitative estimate of drug-likeness (QED) is 0.925. The molecule has 1 aromatic heterocycles. The Bertz CT molecular complexity index is 754. The average molecular weight is 345 g/mol. The lowest BCUT2D eigenvalue weighted by Crippen LogP contribution is -2.42. The third-order valence-electron chi connectivity index (χ3n) is 3.80. The summed E-state index contributed by atoms with van der Waals surface area (Å²) in [5.41, 5.74) is 1.37. The highest BCUT2D eigenvalue weighted by atomic mass is 32.1. The van der Waals surface area contributed by atoms with Crippen LogP contribution >= 0.6 is 11.3 Å². The molecule has 1 saturated heterocycles. The Labute approximate surface area is 143 Å². The molecule has 3 rings (SSSR count). The molecule has 0 aliphatic carbocycles. The second kappa shape index (κ2) is 7.53. The van der Waals surface area contributed by atoms with E-state index >= 15 is 0 Å². The van der Waals surface area contributed by atoms with Gasteiger partial charge in [-0.05, 0) is 29.1 Å². The van der Waals surface area contributed by atoms with E-state index in [9.17, 15) is 9.18 Å². The molecule has 1 unspecified atom stereocenters. The molecule has 124 valence electrons. The Morgan fingerprint density at radius 1 is 1.42 bits per heavy atom. The standard InChI is InChI=1S/C17H16FN3O2S/c18-14-3-1-12(2-4-14)15-10-21(6-7-23-15)11-16(22)20-17-13(9-19)5-8-24-17/h1-5,8,15H,6-7,10-11H2,(H,20,22). The van der Waals surface area contributed by atoms with Crippen molar-refractivity contribution in [2.24, 2.45) is 0 Å². The lowest BCUT2D eigenvalue weighted by atomic mass is 10.1. The van der Waals surface area contributed by atoms with E-state index in [2.05, 4.69) is 5.32 Å². The Kier molecular flexibility index (Phi) is 5.20. The van der Waals surface area contributed by atoms with Gasteiger partial charge in [0.25, 0.3) is 0 Å². The van der Waals surface area contributed by atoms with E-state index < -0.39 is 0 Å². The third kappa shape index (κ3) is 3.97. The van der Waals surface area contributed by atoms with E-state index in [4.69, 9.17) is 10.00 Å². The summed E-state index contributed by atoms with van der Waals surface area (Å²) in [6, 6.07) is 9.95. The maximum Gasteiger partial charge on any atom is 0.239 e. The Morgan fingerprint density at radius 3 is 2.96 bits per heavy atom. The molecule has 5 nitrogen and oxygen atoms in total. The maximum absolute atomic E-state index is 13.0. The Morgan fingerprint density at radius 2 is 2.21 bits per heavy atom. The van der Waals surface area contributed by atoms with Gasteiger partial charge < -0.3 is 10.1 Å². The van der Waals surface area contributed by atoms with Crippen molar-refractivity contribution in [3.8, 4) is 6.07 Å². The first-order valence-corrected chi connectivity index (χ1v) is 8.40. The summed E-state index contributed by atoms with van der Waals surface area (Å²) >= 11 is 1.33. The summed E-state index contributed by atoms with van der Waals surface area (Å²) in [7, 11) is 0. The van der Waals surface area contributed by atoms with E-state index in [1.54, 1.807) is 23.6 Å². The summed E-state index contributed by atoms with van der Waals surface area (Å²) in [5.74, 6) is -0.441. The number of carbonyl (C=O) groups is 1. The highest BCUT2D eigenvalue weighted by Gasteiger charge is 2.23. The van der Waals surface area contributed by atoms with Gasteiger partial charge in [-0.3, -0.25) is 9.69 Å². The van der Waals surface area contributed by atoms with Crippen LogP contribution < -0.4 is 5.32 Å². The van der Waals surface area contributed by atoms with Crippen LogP contribution in [-0.2, 0) is 9.53 Å². The van der Waals surface area contributed by atoms with Gasteiger partial charge in [-0.15, -0.1) is 11.3 Å². The number of nitriles is 1. The van der Waals surface area contributed by atoms with Crippen LogP contribution in [0.1, 0.15) is 17.2 Å². The average Bonchev–Trinajstić information content (AvgIpc) is 3.02. The number of hydrogen-bond acceptors (Lipinski definition) is 5. The molecule has 0 spiro atoms. The van der Waals surface area contributed by atoms with Crippen molar-refractivity contribution >= 4 is 22.2 Å². The van der Waals surface area contributed by atoms with Crippen molar-refractivity contribution < 1.29 is 13.9 Å². The van der Waals surface area contributed by atoms with Crippen molar-refractivity contribution in [1.82, 2.24) is 4.90 Å². The van der Waals surface area contributed by atoms with Gasteiger partial charge in [-0.2, -0.15) is 5.26 Å². The SMILES string of the molecule is N#Cc1ccsc1NC(=O)CN1CCOC(c2ccc(F)cc2)C1. The lowest BCUT2D eigenvalue weighted by molar-refractivity contribution is -0.119. The first-order chi connectivity index (χ1) is 11.7. The fraction of sp³-hybridized carbons (Fsp3) is 0.294. The minimum absolute atomic E-state index is 0.159. The summed E-state index contributed by atoms with van der Waals surface area (Å²) in [6.07, 6.45) is -0.177. The fourth-order valence-corrected chi connectivity index (χ4v) is 3.34. The van der Waals surface area contributed by atoms with E-state index in [-0.39, 0.29) is 24.4 Å². The van der Waals surface area contributed by atoms with Crippen molar-refractivity contribution in [1.29, 1.82) is 5.26 Å². The molecule has 2 aromatic rings. The van der Waals surface area contributed by atoms with Gasteiger partial charge >= 0.3 is 0 Å². The molecule has 2 heterocycles. The number of thiophene rings is 1. The molecule has 1 fully saturated rings. The van der Waals surface area contributed by atoms with Crippen LogP contribution in [0.4, 0.5) is 9.39 Å². The van der Waals surface area contributed by atoms with Crippen LogP contribution in [0, 0.1) is 17.1 Å². The molecule has 1 aromatic carbocycles. The molecule has 0 radical (unpaired) electrons. The van der Waals surface area contributed by atoms with Crippen LogP contribution in [0.5, 0.6) is 0 Å². The molecule has 0 saturated carbocycles. The number of nitrogens with one attached hydrogen (secondary N) is 1. The Hall–Kier alpha value is -2.27. The number of benzene rings is 1. The highest BCUT2D eigenvalue weighted by molar-refractivity contribution is 7.14. The lowest BCUT2D eigenvalue weighted by Gasteiger charge is -2.32. The molecular formula is C17H16FN3O2S. The van der Waals surface area contributed by atoms with Crippen molar-refractivity contribution in [3.63, 3.8) is 0 Å². The number of ether oxygens (including phenoxy) is 1. The molecule has 1 atom stereocenters. The first kappa shape index (κ1) is 16.6. The van der Waals surface area contributed by atoms with Gasteiger partial charge in [0.2, 0.25) is 5.91 Å². The smallest absolute Gasteiger partial charge is 0.239 e. The minimum Gasteiger partial charge on any atom is -0.371 e. The summed E-state index contributed by atoms with van der Waals surface area (Å²) < 4.78 is 18.7. The van der Waals surface area contributed by atoms with E-state index in [1.807, 2.05) is 11.0 Å². The second-order valence-corrected chi connectivity index (χ2v) is 6.39. The number of morpholine rings is 1. The number of anilines is 1. The maximum atomic E-state index is 13.0. The number of nitrogens with zero attached hydrogens (tertiary/aromatic N) is 2. The number of hydrogen-bond donors (Lipinski definition) is 1. The topological polar surface area (TPSA) is 65.4 Å². The predicted molar refractivity (Wildman–Crippen MR) is 89.2 cm³/mol. The van der Waals surface area contributed by atoms with Crippen LogP contribution in [0.2, 0.25) is 0 Å². The molecular weight excluding hydrogens is 329 g/mol. The third-order valence-corrected chi connectivity index (χ3v) is 4.63. The first-order valence-electron chi connectivity index (χ1n) is 7.52. The van der Waals surface area contributed by atoms with Crippen LogP contribution in [0.25, 0.3) is 0 Å². The van der Waals surface area contributed by atoms with E-state index in [0.29, 0.717) is 30.3 Å². The zero-order chi connectivity index (χ0) is 16.9. The number of rotatable bonds is 4. The Balaban J connectivity index is 1.58. The van der Waals surface area contributed by atoms with Crippen molar-refractivity contribution in [2.75, 3.05) is 31.6 Å². The zero-order valence-electron chi connectivity index (χ0n) is 12.9. The number of halogens is 1. The number of amides is 1. The van der Waals surface area contributed by atoms with Crippen LogP contribution in [-0.4, -0.2) is 37.0 Å². The number of carbonyl (C=O) groups excluding carboxylic acids is 1. The molecule has 0 bridgehead atoms. The molecule has 1 aliphatic heterocycles. The summed E-state index contributed by atoms with van der Waals surface area (Å²) in [6.45, 7) is 1.96. The molecule has 1 amide bonds. The molecule has 1 N–H and O–H groups in total. The molecule has 1 aliphatic rings. The monoisotopic (exact) mass is 345 g/mol. The van der Waals surface area contributed by atoms with Crippen LogP contribution in [0.3, 0.4) is 0 Å². The van der Waals surface area contributed by atoms with Gasteiger partial charge in [0, 0.05) is 13.1 Å². The summed E-state index contributed by atoms with van der Waals surface area (Å²) in [4.78, 5) is 14.2. The summed E-state index contributed by atoms with van der Waals surface area (Å²) in [5, 5.41) is 14.1. The normalized spacial score (nSPS) is 18.1. The second-order valence-electron chi connectivity index (χ2n) is 5.47. The molecule has 24 heavy (non-hydrogen) atoms. The van der Waals surface area contributed by atoms with E-state index in [1.165, 1.54) is 23.5 Å². The van der Waals surface area contributed by atoms with Crippen molar-refractivity contribution in [3.05, 3.63) is 52.7 Å². The molecule has 7 heteroatoms. The van der Waals surface area contributed by atoms with Gasteiger partial charge in [-0.25, -0.2) is 4.39 Å². The fourth-order valence-electron chi connectivity index (χ4n) is 2.59. The van der Waals surface area contributed by atoms with Gasteiger partial charge in [0.05, 0.1) is 24.8 Å². The zero-order valence-corrected chi connectivity index (χ0v) is 13.7.